The van der Waals surface area contributed by atoms with Crippen molar-refractivity contribution in [2.75, 3.05) is 0 Å². The van der Waals surface area contributed by atoms with Gasteiger partial charge in [0.1, 0.15) is 11.5 Å². The Morgan fingerprint density at radius 3 is 2.47 bits per heavy atom. The summed E-state index contributed by atoms with van der Waals surface area (Å²) in [5, 5.41) is 0. The second-order valence-electron chi connectivity index (χ2n) is 4.36. The van der Waals surface area contributed by atoms with E-state index in [1.807, 2.05) is 26.0 Å². The van der Waals surface area contributed by atoms with E-state index in [1.165, 1.54) is 6.08 Å². The molecule has 2 aromatic rings. The van der Waals surface area contributed by atoms with Gasteiger partial charge in [0, 0.05) is 16.1 Å². The lowest BCUT2D eigenvalue weighted by Gasteiger charge is -2.05. The fraction of sp³-hybridized carbons (Fsp3) is 0.133. The third kappa shape index (κ3) is 3.15. The number of hydrogen-bond donors (Lipinski definition) is 1. The number of hydrogen-bond acceptors (Lipinski definition) is 2. The van der Waals surface area contributed by atoms with Crippen LogP contribution in [0.4, 0.5) is 0 Å². The number of benzene rings is 1. The highest BCUT2D eigenvalue weighted by molar-refractivity contribution is 9.10. The zero-order chi connectivity index (χ0) is 14.0. The SMILES string of the molecule is Cc1cc(-c2ccc(/C=C/C(N)=O)o2)cc(C)c1Br. The summed E-state index contributed by atoms with van der Waals surface area (Å²) in [5.74, 6) is 0.878. The summed E-state index contributed by atoms with van der Waals surface area (Å²) in [5.41, 5.74) is 8.36. The van der Waals surface area contributed by atoms with Crippen LogP contribution in [0.2, 0.25) is 0 Å². The Morgan fingerprint density at radius 2 is 1.89 bits per heavy atom. The number of halogens is 1. The number of rotatable bonds is 3. The molecule has 1 aromatic carbocycles. The Morgan fingerprint density at radius 1 is 1.26 bits per heavy atom. The van der Waals surface area contributed by atoms with Crippen molar-refractivity contribution in [3.05, 3.63) is 51.7 Å². The van der Waals surface area contributed by atoms with Gasteiger partial charge in [-0.1, -0.05) is 15.9 Å². The maximum atomic E-state index is 10.7. The lowest BCUT2D eigenvalue weighted by atomic mass is 10.1. The molecule has 0 fully saturated rings. The lowest BCUT2D eigenvalue weighted by molar-refractivity contribution is -0.113. The highest BCUT2D eigenvalue weighted by Crippen LogP contribution is 2.29. The molecule has 1 amide bonds. The van der Waals surface area contributed by atoms with E-state index in [2.05, 4.69) is 28.1 Å². The number of amides is 1. The van der Waals surface area contributed by atoms with E-state index in [0.29, 0.717) is 5.76 Å². The van der Waals surface area contributed by atoms with Gasteiger partial charge in [-0.2, -0.15) is 0 Å². The maximum absolute atomic E-state index is 10.7. The van der Waals surface area contributed by atoms with Crippen LogP contribution in [0.1, 0.15) is 16.9 Å². The molecule has 0 saturated carbocycles. The van der Waals surface area contributed by atoms with E-state index >= 15 is 0 Å². The van der Waals surface area contributed by atoms with Crippen LogP contribution in [-0.4, -0.2) is 5.91 Å². The largest absolute Gasteiger partial charge is 0.457 e. The van der Waals surface area contributed by atoms with Crippen molar-refractivity contribution in [2.45, 2.75) is 13.8 Å². The second-order valence-corrected chi connectivity index (χ2v) is 5.15. The highest BCUT2D eigenvalue weighted by Gasteiger charge is 2.07. The molecule has 0 unspecified atom stereocenters. The highest BCUT2D eigenvalue weighted by atomic mass is 79.9. The molecule has 0 radical (unpaired) electrons. The summed E-state index contributed by atoms with van der Waals surface area (Å²) >= 11 is 3.54. The van der Waals surface area contributed by atoms with Gasteiger partial charge in [-0.15, -0.1) is 0 Å². The maximum Gasteiger partial charge on any atom is 0.241 e. The van der Waals surface area contributed by atoms with Gasteiger partial charge in [0.05, 0.1) is 0 Å². The van der Waals surface area contributed by atoms with Crippen LogP contribution in [0.5, 0.6) is 0 Å². The number of carbonyl (C=O) groups excluding carboxylic acids is 1. The van der Waals surface area contributed by atoms with Crippen LogP contribution in [0.15, 0.2) is 39.2 Å². The summed E-state index contributed by atoms with van der Waals surface area (Å²) in [6, 6.07) is 7.79. The van der Waals surface area contributed by atoms with Crippen molar-refractivity contribution in [3.63, 3.8) is 0 Å². The van der Waals surface area contributed by atoms with Gasteiger partial charge in [-0.25, -0.2) is 0 Å². The fourth-order valence-electron chi connectivity index (χ4n) is 1.85. The molecule has 1 aromatic heterocycles. The molecule has 0 atom stereocenters. The average Bonchev–Trinajstić information content (AvgIpc) is 2.81. The number of primary amides is 1. The Labute approximate surface area is 120 Å². The van der Waals surface area contributed by atoms with Gasteiger partial charge in [0.25, 0.3) is 0 Å². The number of aryl methyl sites for hydroxylation is 2. The van der Waals surface area contributed by atoms with Gasteiger partial charge in [0.2, 0.25) is 5.91 Å². The molecular weight excluding hydrogens is 306 g/mol. The fourth-order valence-corrected chi connectivity index (χ4v) is 2.08. The standard InChI is InChI=1S/C15H14BrNO2/c1-9-7-11(8-10(2)15(9)16)13-5-3-12(19-13)4-6-14(17)18/h3-8H,1-2H3,(H2,17,18)/b6-4+. The minimum absolute atomic E-state index is 0.492. The minimum atomic E-state index is -0.492. The van der Waals surface area contributed by atoms with Gasteiger partial charge in [-0.3, -0.25) is 4.79 Å². The Bertz CT molecular complexity index is 633. The van der Waals surface area contributed by atoms with E-state index in [1.54, 1.807) is 6.08 Å². The number of nitrogens with two attached hydrogens (primary N) is 1. The Kier molecular flexibility index (Phi) is 3.90. The molecule has 3 nitrogen and oxygen atoms in total. The van der Waals surface area contributed by atoms with Crippen molar-refractivity contribution in [1.82, 2.24) is 0 Å². The molecule has 1 heterocycles. The zero-order valence-electron chi connectivity index (χ0n) is 10.7. The molecule has 19 heavy (non-hydrogen) atoms. The molecule has 0 aliphatic rings. The van der Waals surface area contributed by atoms with E-state index in [4.69, 9.17) is 10.2 Å². The zero-order valence-corrected chi connectivity index (χ0v) is 12.3. The molecule has 0 saturated heterocycles. The minimum Gasteiger partial charge on any atom is -0.457 e. The summed E-state index contributed by atoms with van der Waals surface area (Å²) in [4.78, 5) is 10.7. The molecule has 0 bridgehead atoms. The predicted molar refractivity (Wildman–Crippen MR) is 79.5 cm³/mol. The quantitative estimate of drug-likeness (QED) is 0.874. The van der Waals surface area contributed by atoms with E-state index in [9.17, 15) is 4.79 Å². The van der Waals surface area contributed by atoms with Gasteiger partial charge < -0.3 is 10.2 Å². The molecule has 0 aliphatic heterocycles. The number of carbonyl (C=O) groups is 1. The van der Waals surface area contributed by atoms with Crippen LogP contribution in [0.25, 0.3) is 17.4 Å². The lowest BCUT2D eigenvalue weighted by Crippen LogP contribution is -2.04. The van der Waals surface area contributed by atoms with E-state index in [0.717, 1.165) is 26.9 Å². The smallest absolute Gasteiger partial charge is 0.241 e. The molecule has 0 aliphatic carbocycles. The normalized spacial score (nSPS) is 11.1. The summed E-state index contributed by atoms with van der Waals surface area (Å²) in [6.07, 6.45) is 2.84. The Balaban J connectivity index is 2.35. The van der Waals surface area contributed by atoms with E-state index in [-0.39, 0.29) is 0 Å². The molecule has 98 valence electrons. The topological polar surface area (TPSA) is 56.2 Å². The van der Waals surface area contributed by atoms with E-state index < -0.39 is 5.91 Å². The van der Waals surface area contributed by atoms with Crippen molar-refractivity contribution in [2.24, 2.45) is 5.73 Å². The van der Waals surface area contributed by atoms with Gasteiger partial charge in [-0.05, 0) is 55.3 Å². The van der Waals surface area contributed by atoms with Crippen molar-refractivity contribution < 1.29 is 9.21 Å². The van der Waals surface area contributed by atoms with Crippen molar-refractivity contribution >= 4 is 27.9 Å². The van der Waals surface area contributed by atoms with Crippen molar-refractivity contribution in [1.29, 1.82) is 0 Å². The third-order valence-electron chi connectivity index (χ3n) is 2.76. The van der Waals surface area contributed by atoms with Crippen LogP contribution in [0.3, 0.4) is 0 Å². The first kappa shape index (κ1) is 13.6. The number of furan rings is 1. The monoisotopic (exact) mass is 319 g/mol. The molecule has 0 spiro atoms. The molecule has 2 rings (SSSR count). The second kappa shape index (κ2) is 5.45. The third-order valence-corrected chi connectivity index (χ3v) is 4.01. The first-order valence-electron chi connectivity index (χ1n) is 5.82. The van der Waals surface area contributed by atoms with Crippen LogP contribution < -0.4 is 5.73 Å². The van der Waals surface area contributed by atoms with Crippen LogP contribution >= 0.6 is 15.9 Å². The van der Waals surface area contributed by atoms with Gasteiger partial charge >= 0.3 is 0 Å². The van der Waals surface area contributed by atoms with Crippen LogP contribution in [-0.2, 0) is 4.79 Å². The van der Waals surface area contributed by atoms with Crippen LogP contribution in [0, 0.1) is 13.8 Å². The van der Waals surface area contributed by atoms with Gasteiger partial charge in [0.15, 0.2) is 0 Å². The molecule has 4 heteroatoms. The predicted octanol–water partition coefficient (Wildman–Crippen LogP) is 3.82. The van der Waals surface area contributed by atoms with Crippen molar-refractivity contribution in [3.8, 4) is 11.3 Å². The average molecular weight is 320 g/mol. The Hall–Kier alpha value is -1.81. The summed E-state index contributed by atoms with van der Waals surface area (Å²) in [6.45, 7) is 4.08. The first-order valence-corrected chi connectivity index (χ1v) is 6.61. The first-order chi connectivity index (χ1) is 8.97. The molecular formula is C15H14BrNO2. The summed E-state index contributed by atoms with van der Waals surface area (Å²) < 4.78 is 6.77. The molecule has 2 N–H and O–H groups in total. The summed E-state index contributed by atoms with van der Waals surface area (Å²) in [7, 11) is 0.